The molecule has 0 aliphatic carbocycles. The maximum atomic E-state index is 4.69. The third-order valence-electron chi connectivity index (χ3n) is 1.16. The molecule has 6 heteroatoms. The summed E-state index contributed by atoms with van der Waals surface area (Å²) in [6.45, 7) is 0. The number of thiocarbonyl (C=S) groups is 1. The van der Waals surface area contributed by atoms with E-state index in [1.54, 1.807) is 18.1 Å². The van der Waals surface area contributed by atoms with Crippen molar-refractivity contribution in [1.29, 1.82) is 0 Å². The lowest BCUT2D eigenvalue weighted by Gasteiger charge is -2.00. The Morgan fingerprint density at radius 1 is 1.92 bits per heavy atom. The van der Waals surface area contributed by atoms with Gasteiger partial charge in [-0.15, -0.1) is 10.2 Å². The lowest BCUT2D eigenvalue weighted by molar-refractivity contribution is 0.789. The van der Waals surface area contributed by atoms with Gasteiger partial charge in [0.25, 0.3) is 0 Å². The molecule has 1 heterocycles. The van der Waals surface area contributed by atoms with E-state index in [9.17, 15) is 0 Å². The molecule has 12 heavy (non-hydrogen) atoms. The van der Waals surface area contributed by atoms with E-state index in [1.165, 1.54) is 0 Å². The smallest absolute Gasteiger partial charge is 0.190 e. The van der Waals surface area contributed by atoms with Crippen molar-refractivity contribution in [3.8, 4) is 0 Å². The predicted octanol–water partition coefficient (Wildman–Crippen LogP) is 1.59. The number of aryl methyl sites for hydroxylation is 1. The first-order chi connectivity index (χ1) is 5.74. The number of aromatic nitrogens is 3. The molecule has 1 aromatic heterocycles. The van der Waals surface area contributed by atoms with Gasteiger partial charge in [0.05, 0.1) is 3.92 Å². The lowest BCUT2D eigenvalue weighted by atomic mass is 10.6. The zero-order valence-corrected chi connectivity index (χ0v) is 10.2. The number of hydrogen-bond donors (Lipinski definition) is 0. The third kappa shape index (κ3) is 2.98. The Bertz CT molecular complexity index is 263. The second-order valence-electron chi connectivity index (χ2n) is 2.12. The SMILES string of the molecule is Cn1cnnc1SCC(I)[C]=S. The summed E-state index contributed by atoms with van der Waals surface area (Å²) in [5, 5.41) is 11.4. The van der Waals surface area contributed by atoms with Crippen LogP contribution in [0.5, 0.6) is 0 Å². The van der Waals surface area contributed by atoms with Crippen molar-refractivity contribution in [2.45, 2.75) is 9.08 Å². The van der Waals surface area contributed by atoms with Crippen molar-refractivity contribution in [2.24, 2.45) is 7.05 Å². The molecule has 1 radical (unpaired) electrons. The van der Waals surface area contributed by atoms with E-state index >= 15 is 0 Å². The van der Waals surface area contributed by atoms with Crippen molar-refractivity contribution in [2.75, 3.05) is 5.75 Å². The fourth-order valence-corrected chi connectivity index (χ4v) is 2.05. The molecular formula is C6H7IN3S2. The minimum Gasteiger partial charge on any atom is -0.312 e. The Morgan fingerprint density at radius 2 is 2.67 bits per heavy atom. The summed E-state index contributed by atoms with van der Waals surface area (Å²) in [6, 6.07) is 0. The maximum absolute atomic E-state index is 4.69. The molecule has 0 fully saturated rings. The zero-order chi connectivity index (χ0) is 8.97. The molecule has 0 spiro atoms. The van der Waals surface area contributed by atoms with Crippen molar-refractivity contribution in [3.63, 3.8) is 0 Å². The predicted molar refractivity (Wildman–Crippen MR) is 62.1 cm³/mol. The molecule has 0 amide bonds. The monoisotopic (exact) mass is 312 g/mol. The Morgan fingerprint density at radius 3 is 3.17 bits per heavy atom. The molecule has 0 aromatic carbocycles. The highest BCUT2D eigenvalue weighted by Crippen LogP contribution is 2.17. The number of rotatable bonds is 4. The molecule has 0 saturated carbocycles. The van der Waals surface area contributed by atoms with Crippen LogP contribution in [0.3, 0.4) is 0 Å². The minimum atomic E-state index is 0.291. The van der Waals surface area contributed by atoms with E-state index in [0.29, 0.717) is 3.92 Å². The molecule has 65 valence electrons. The standard InChI is InChI=1S/C6H7IN3S2/c1-10-4-8-9-6(10)12-3-5(7)2-11/h4-5H,3H2,1H3. The summed E-state index contributed by atoms with van der Waals surface area (Å²) < 4.78 is 2.18. The van der Waals surface area contributed by atoms with Crippen LogP contribution in [0.15, 0.2) is 11.5 Å². The van der Waals surface area contributed by atoms with Gasteiger partial charge in [0.15, 0.2) is 5.16 Å². The average Bonchev–Trinajstić information content (AvgIpc) is 2.47. The summed E-state index contributed by atoms with van der Waals surface area (Å²) in [7, 11) is 1.92. The van der Waals surface area contributed by atoms with Crippen LogP contribution in [-0.2, 0) is 7.05 Å². The van der Waals surface area contributed by atoms with E-state index in [4.69, 9.17) is 0 Å². The topological polar surface area (TPSA) is 30.7 Å². The maximum Gasteiger partial charge on any atom is 0.190 e. The van der Waals surface area contributed by atoms with Crippen LogP contribution in [0.1, 0.15) is 0 Å². The molecular weight excluding hydrogens is 305 g/mol. The van der Waals surface area contributed by atoms with Crippen molar-refractivity contribution < 1.29 is 0 Å². The highest BCUT2D eigenvalue weighted by molar-refractivity contribution is 14.1. The zero-order valence-electron chi connectivity index (χ0n) is 6.40. The largest absolute Gasteiger partial charge is 0.312 e. The molecule has 0 aliphatic rings. The van der Waals surface area contributed by atoms with Crippen molar-refractivity contribution in [3.05, 3.63) is 6.33 Å². The van der Waals surface area contributed by atoms with Gasteiger partial charge in [0, 0.05) is 18.2 Å². The van der Waals surface area contributed by atoms with E-state index in [-0.39, 0.29) is 0 Å². The second kappa shape index (κ2) is 5.13. The highest BCUT2D eigenvalue weighted by Gasteiger charge is 2.05. The summed E-state index contributed by atoms with van der Waals surface area (Å²) in [5.41, 5.74) is 0. The fourth-order valence-electron chi connectivity index (χ4n) is 0.585. The number of nitrogens with zero attached hydrogens (tertiary/aromatic N) is 3. The summed E-state index contributed by atoms with van der Waals surface area (Å²) in [5.74, 6) is 0.899. The van der Waals surface area contributed by atoms with Crippen LogP contribution in [0.2, 0.25) is 0 Å². The van der Waals surface area contributed by atoms with Crippen LogP contribution < -0.4 is 0 Å². The van der Waals surface area contributed by atoms with Crippen LogP contribution >= 0.6 is 46.6 Å². The van der Waals surface area contributed by atoms with Crippen molar-refractivity contribution >= 4 is 51.9 Å². The first kappa shape index (κ1) is 10.4. The molecule has 1 unspecified atom stereocenters. The number of thioether (sulfide) groups is 1. The van der Waals surface area contributed by atoms with Crippen LogP contribution in [0.4, 0.5) is 0 Å². The van der Waals surface area contributed by atoms with Crippen LogP contribution in [0, 0.1) is 0 Å². The van der Waals surface area contributed by atoms with Gasteiger partial charge in [-0.2, -0.15) is 0 Å². The van der Waals surface area contributed by atoms with Gasteiger partial charge >= 0.3 is 0 Å². The van der Waals surface area contributed by atoms with Gasteiger partial charge in [-0.25, -0.2) is 0 Å². The van der Waals surface area contributed by atoms with Crippen LogP contribution in [-0.4, -0.2) is 29.8 Å². The average molecular weight is 312 g/mol. The Labute approximate surface area is 94.5 Å². The Balaban J connectivity index is 2.43. The Hall–Kier alpha value is 0.310. The molecule has 1 rings (SSSR count). The number of hydrogen-bond acceptors (Lipinski definition) is 4. The molecule has 0 N–H and O–H groups in total. The van der Waals surface area contributed by atoms with E-state index < -0.39 is 0 Å². The first-order valence-corrected chi connectivity index (χ1v) is 5.86. The van der Waals surface area contributed by atoms with Gasteiger partial charge in [-0.1, -0.05) is 46.6 Å². The van der Waals surface area contributed by atoms with E-state index in [0.717, 1.165) is 10.9 Å². The van der Waals surface area contributed by atoms with Gasteiger partial charge in [-0.3, -0.25) is 0 Å². The number of alkyl halides is 1. The highest BCUT2D eigenvalue weighted by atomic mass is 127. The molecule has 1 atom stereocenters. The first-order valence-electron chi connectivity index (χ1n) is 3.22. The summed E-state index contributed by atoms with van der Waals surface area (Å²) in [4.78, 5) is 0. The Kier molecular flexibility index (Phi) is 4.44. The van der Waals surface area contributed by atoms with E-state index in [1.807, 2.05) is 11.6 Å². The quantitative estimate of drug-likeness (QED) is 0.366. The van der Waals surface area contributed by atoms with Gasteiger partial charge in [-0.05, 0) is 0 Å². The fraction of sp³-hybridized carbons (Fsp3) is 0.500. The van der Waals surface area contributed by atoms with Gasteiger partial charge in [0.2, 0.25) is 0 Å². The summed E-state index contributed by atoms with van der Waals surface area (Å²) >= 11 is 8.58. The van der Waals surface area contributed by atoms with Crippen LogP contribution in [0.25, 0.3) is 0 Å². The summed E-state index contributed by atoms with van der Waals surface area (Å²) in [6.07, 6.45) is 1.69. The molecule has 0 bridgehead atoms. The van der Waals surface area contributed by atoms with Gasteiger partial charge in [0.1, 0.15) is 6.33 Å². The van der Waals surface area contributed by atoms with Crippen molar-refractivity contribution in [1.82, 2.24) is 14.8 Å². The molecule has 0 saturated heterocycles. The van der Waals surface area contributed by atoms with Gasteiger partial charge < -0.3 is 4.57 Å². The number of halogens is 1. The molecule has 1 aromatic rings. The normalized spacial score (nSPS) is 12.8. The lowest BCUT2D eigenvalue weighted by Crippen LogP contribution is -2.02. The van der Waals surface area contributed by atoms with E-state index in [2.05, 4.69) is 50.4 Å². The minimum absolute atomic E-state index is 0.291. The third-order valence-corrected chi connectivity index (χ3v) is 4.34. The second-order valence-corrected chi connectivity index (χ2v) is 4.85. The molecule has 0 aliphatic heterocycles. The molecule has 3 nitrogen and oxygen atoms in total.